The maximum absolute atomic E-state index is 12.5. The van der Waals surface area contributed by atoms with E-state index in [-0.39, 0.29) is 11.6 Å². The molecule has 1 aliphatic carbocycles. The van der Waals surface area contributed by atoms with Crippen LogP contribution in [0.3, 0.4) is 0 Å². The van der Waals surface area contributed by atoms with E-state index in [0.717, 1.165) is 29.0 Å². The van der Waals surface area contributed by atoms with Crippen molar-refractivity contribution in [2.45, 2.75) is 46.1 Å². The lowest BCUT2D eigenvalue weighted by Gasteiger charge is -2.17. The van der Waals surface area contributed by atoms with Gasteiger partial charge in [-0.15, -0.1) is 11.3 Å². The maximum atomic E-state index is 12.5. The largest absolute Gasteiger partial charge is 0.296 e. The summed E-state index contributed by atoms with van der Waals surface area (Å²) in [6.07, 6.45) is 5.03. The topological polar surface area (TPSA) is 34.9 Å². The van der Waals surface area contributed by atoms with Gasteiger partial charge >= 0.3 is 0 Å². The van der Waals surface area contributed by atoms with Crippen LogP contribution in [0.25, 0.3) is 10.2 Å². The predicted molar refractivity (Wildman–Crippen MR) is 75.5 cm³/mol. The zero-order chi connectivity index (χ0) is 12.9. The molecule has 0 amide bonds. The van der Waals surface area contributed by atoms with E-state index in [2.05, 4.69) is 11.9 Å². The Kier molecular flexibility index (Phi) is 2.77. The first-order valence-electron chi connectivity index (χ1n) is 6.59. The number of hydrogen-bond acceptors (Lipinski definition) is 3. The second kappa shape index (κ2) is 4.19. The normalized spacial score (nSPS) is 19.4. The lowest BCUT2D eigenvalue weighted by Crippen LogP contribution is -2.23. The fourth-order valence-electron chi connectivity index (χ4n) is 2.71. The van der Waals surface area contributed by atoms with Crippen LogP contribution < -0.4 is 5.56 Å². The van der Waals surface area contributed by atoms with Crippen LogP contribution in [0.5, 0.6) is 0 Å². The van der Waals surface area contributed by atoms with Crippen molar-refractivity contribution >= 4 is 21.6 Å². The third-order valence-corrected chi connectivity index (χ3v) is 4.96. The summed E-state index contributed by atoms with van der Waals surface area (Å²) in [5.41, 5.74) is 1.42. The summed E-state index contributed by atoms with van der Waals surface area (Å²) in [6.45, 7) is 6.33. The highest BCUT2D eigenvalue weighted by atomic mass is 32.1. The highest BCUT2D eigenvalue weighted by Gasteiger charge is 2.23. The van der Waals surface area contributed by atoms with Gasteiger partial charge < -0.3 is 0 Å². The van der Waals surface area contributed by atoms with Gasteiger partial charge in [-0.1, -0.05) is 6.92 Å². The summed E-state index contributed by atoms with van der Waals surface area (Å²) in [5.74, 6) is 0.734. The molecule has 2 heterocycles. The minimum atomic E-state index is 0.141. The van der Waals surface area contributed by atoms with Gasteiger partial charge in [0.05, 0.1) is 11.7 Å². The van der Waals surface area contributed by atoms with Gasteiger partial charge in [0.25, 0.3) is 5.56 Å². The van der Waals surface area contributed by atoms with Crippen molar-refractivity contribution in [1.82, 2.24) is 9.55 Å². The van der Waals surface area contributed by atoms with Gasteiger partial charge in [0.15, 0.2) is 0 Å². The second-order valence-electron chi connectivity index (χ2n) is 5.58. The van der Waals surface area contributed by atoms with Crippen LogP contribution in [0.15, 0.2) is 11.1 Å². The summed E-state index contributed by atoms with van der Waals surface area (Å²) in [4.78, 5) is 19.3. The molecule has 0 saturated carbocycles. The average molecular weight is 262 g/mol. The Morgan fingerprint density at radius 1 is 1.50 bits per heavy atom. The highest BCUT2D eigenvalue weighted by molar-refractivity contribution is 7.18. The summed E-state index contributed by atoms with van der Waals surface area (Å²) in [6, 6.07) is 0.174. The fraction of sp³-hybridized carbons (Fsp3) is 0.571. The van der Waals surface area contributed by atoms with Crippen molar-refractivity contribution in [3.63, 3.8) is 0 Å². The van der Waals surface area contributed by atoms with Crippen LogP contribution in [0.2, 0.25) is 0 Å². The minimum Gasteiger partial charge on any atom is -0.296 e. The Hall–Kier alpha value is -1.16. The van der Waals surface area contributed by atoms with Gasteiger partial charge in [-0.2, -0.15) is 0 Å². The molecule has 0 aliphatic heterocycles. The smallest absolute Gasteiger partial charge is 0.262 e. The summed E-state index contributed by atoms with van der Waals surface area (Å²) in [7, 11) is 0. The second-order valence-corrected chi connectivity index (χ2v) is 6.67. The molecule has 3 rings (SSSR count). The van der Waals surface area contributed by atoms with E-state index >= 15 is 0 Å². The molecule has 0 saturated heterocycles. The average Bonchev–Trinajstić information content (AvgIpc) is 2.66. The van der Waals surface area contributed by atoms with E-state index in [1.807, 2.05) is 13.8 Å². The number of hydrogen-bond donors (Lipinski definition) is 0. The van der Waals surface area contributed by atoms with Crippen molar-refractivity contribution in [1.29, 1.82) is 0 Å². The van der Waals surface area contributed by atoms with E-state index in [1.54, 1.807) is 22.2 Å². The van der Waals surface area contributed by atoms with Crippen LogP contribution >= 0.6 is 11.3 Å². The molecule has 0 spiro atoms. The zero-order valence-electron chi connectivity index (χ0n) is 11.1. The molecule has 18 heavy (non-hydrogen) atoms. The molecular weight excluding hydrogens is 244 g/mol. The molecule has 1 atom stereocenters. The first-order valence-corrected chi connectivity index (χ1v) is 7.41. The maximum Gasteiger partial charge on any atom is 0.262 e. The van der Waals surface area contributed by atoms with E-state index in [0.29, 0.717) is 0 Å². The van der Waals surface area contributed by atoms with Gasteiger partial charge in [-0.25, -0.2) is 4.98 Å². The fourth-order valence-corrected chi connectivity index (χ4v) is 4.05. The summed E-state index contributed by atoms with van der Waals surface area (Å²) in [5, 5.41) is 0.887. The molecule has 0 radical (unpaired) electrons. The molecule has 2 aromatic rings. The Balaban J connectivity index is 2.28. The van der Waals surface area contributed by atoms with E-state index < -0.39 is 0 Å². The third kappa shape index (κ3) is 1.70. The van der Waals surface area contributed by atoms with Crippen molar-refractivity contribution in [2.24, 2.45) is 5.92 Å². The van der Waals surface area contributed by atoms with E-state index in [1.165, 1.54) is 16.9 Å². The molecule has 1 aliphatic rings. The van der Waals surface area contributed by atoms with Crippen LogP contribution in [0.4, 0.5) is 0 Å². The number of aryl methyl sites for hydroxylation is 1. The number of rotatable bonds is 1. The molecule has 4 heteroatoms. The summed E-state index contributed by atoms with van der Waals surface area (Å²) < 4.78 is 1.74. The Morgan fingerprint density at radius 3 is 3.00 bits per heavy atom. The molecule has 96 valence electrons. The Morgan fingerprint density at radius 2 is 2.28 bits per heavy atom. The molecule has 2 aromatic heterocycles. The summed E-state index contributed by atoms with van der Waals surface area (Å²) >= 11 is 1.71. The SMILES string of the molecule is CC1CCc2c(sc3ncn(C(C)C)c(=O)c23)C1. The zero-order valence-corrected chi connectivity index (χ0v) is 11.9. The molecule has 0 aromatic carbocycles. The van der Waals surface area contributed by atoms with Crippen LogP contribution in [-0.2, 0) is 12.8 Å². The van der Waals surface area contributed by atoms with Crippen LogP contribution in [-0.4, -0.2) is 9.55 Å². The van der Waals surface area contributed by atoms with Crippen LogP contribution in [0.1, 0.15) is 43.7 Å². The predicted octanol–water partition coefficient (Wildman–Crippen LogP) is 3.16. The van der Waals surface area contributed by atoms with Gasteiger partial charge in [0, 0.05) is 10.9 Å². The van der Waals surface area contributed by atoms with Gasteiger partial charge in [0.2, 0.25) is 0 Å². The van der Waals surface area contributed by atoms with Gasteiger partial charge in [0.1, 0.15) is 4.83 Å². The van der Waals surface area contributed by atoms with Crippen molar-refractivity contribution in [3.8, 4) is 0 Å². The van der Waals surface area contributed by atoms with E-state index in [9.17, 15) is 4.79 Å². The monoisotopic (exact) mass is 262 g/mol. The Bertz CT molecular complexity index is 654. The van der Waals surface area contributed by atoms with Crippen molar-refractivity contribution in [3.05, 3.63) is 27.1 Å². The molecule has 3 nitrogen and oxygen atoms in total. The highest BCUT2D eigenvalue weighted by Crippen LogP contribution is 2.35. The Labute approximate surface area is 110 Å². The standard InChI is InChI=1S/C14H18N2OS/c1-8(2)16-7-15-13-12(14(16)17)10-5-4-9(3)6-11(10)18-13/h7-9H,4-6H2,1-3H3. The molecule has 0 bridgehead atoms. The number of fused-ring (bicyclic) bond motifs is 3. The lowest BCUT2D eigenvalue weighted by molar-refractivity contribution is 0.508. The van der Waals surface area contributed by atoms with E-state index in [4.69, 9.17) is 0 Å². The first kappa shape index (κ1) is 11.9. The molecule has 1 unspecified atom stereocenters. The molecule has 0 N–H and O–H groups in total. The lowest BCUT2D eigenvalue weighted by atomic mass is 9.89. The molecular formula is C14H18N2OS. The van der Waals surface area contributed by atoms with Crippen molar-refractivity contribution < 1.29 is 0 Å². The third-order valence-electron chi connectivity index (χ3n) is 3.80. The van der Waals surface area contributed by atoms with Gasteiger partial charge in [-0.3, -0.25) is 9.36 Å². The number of nitrogens with zero attached hydrogens (tertiary/aromatic N) is 2. The number of thiophene rings is 1. The quantitative estimate of drug-likeness (QED) is 0.791. The number of aromatic nitrogens is 2. The van der Waals surface area contributed by atoms with Crippen LogP contribution in [0, 0.1) is 5.92 Å². The minimum absolute atomic E-state index is 0.141. The van der Waals surface area contributed by atoms with Gasteiger partial charge in [-0.05, 0) is 44.6 Å². The first-order chi connectivity index (χ1) is 8.58. The van der Waals surface area contributed by atoms with Crippen molar-refractivity contribution in [2.75, 3.05) is 0 Å². The molecule has 0 fully saturated rings.